The van der Waals surface area contributed by atoms with E-state index in [-0.39, 0.29) is 12.6 Å². The lowest BCUT2D eigenvalue weighted by Gasteiger charge is -2.14. The first-order valence-corrected chi connectivity index (χ1v) is 6.02. The van der Waals surface area contributed by atoms with Crippen LogP contribution in [0.1, 0.15) is 20.3 Å². The SMILES string of the molecule is CCC(C)Oc1cccc(NCC(N)C(=O)O)c1. The molecule has 5 heteroatoms. The van der Waals surface area contributed by atoms with Gasteiger partial charge < -0.3 is 20.9 Å². The lowest BCUT2D eigenvalue weighted by Crippen LogP contribution is -2.36. The van der Waals surface area contributed by atoms with Crippen LogP contribution in [0.25, 0.3) is 0 Å². The number of rotatable bonds is 7. The zero-order valence-electron chi connectivity index (χ0n) is 10.7. The smallest absolute Gasteiger partial charge is 0.322 e. The van der Waals surface area contributed by atoms with Gasteiger partial charge in [-0.05, 0) is 25.5 Å². The Balaban J connectivity index is 2.56. The number of carbonyl (C=O) groups is 1. The van der Waals surface area contributed by atoms with E-state index in [1.807, 2.05) is 31.2 Å². The molecule has 1 rings (SSSR count). The minimum Gasteiger partial charge on any atom is -0.491 e. The number of nitrogens with two attached hydrogens (primary N) is 1. The number of ether oxygens (including phenoxy) is 1. The minimum atomic E-state index is -1.02. The number of nitrogens with one attached hydrogen (secondary N) is 1. The maximum atomic E-state index is 10.6. The summed E-state index contributed by atoms with van der Waals surface area (Å²) in [5.74, 6) is -0.257. The van der Waals surface area contributed by atoms with E-state index in [1.54, 1.807) is 0 Å². The predicted octanol–water partition coefficient (Wildman–Crippen LogP) is 1.69. The highest BCUT2D eigenvalue weighted by molar-refractivity contribution is 5.74. The Morgan fingerprint density at radius 3 is 2.89 bits per heavy atom. The molecule has 0 amide bonds. The maximum absolute atomic E-state index is 10.6. The monoisotopic (exact) mass is 252 g/mol. The average Bonchev–Trinajstić information content (AvgIpc) is 2.36. The normalized spacial score (nSPS) is 13.7. The number of hydrogen-bond donors (Lipinski definition) is 3. The Bertz CT molecular complexity index is 396. The van der Waals surface area contributed by atoms with Crippen LogP contribution in [-0.4, -0.2) is 29.8 Å². The molecule has 2 atom stereocenters. The zero-order chi connectivity index (χ0) is 13.5. The number of hydrogen-bond acceptors (Lipinski definition) is 4. The number of benzene rings is 1. The molecule has 0 aliphatic rings. The molecule has 0 aliphatic carbocycles. The lowest BCUT2D eigenvalue weighted by atomic mass is 10.2. The van der Waals surface area contributed by atoms with Gasteiger partial charge >= 0.3 is 5.97 Å². The molecule has 0 saturated carbocycles. The second-order valence-corrected chi connectivity index (χ2v) is 4.19. The van der Waals surface area contributed by atoms with Crippen molar-refractivity contribution in [2.45, 2.75) is 32.4 Å². The first kappa shape index (κ1) is 14.3. The minimum absolute atomic E-state index is 0.154. The number of aliphatic carboxylic acids is 1. The van der Waals surface area contributed by atoms with Crippen LogP contribution in [0.2, 0.25) is 0 Å². The van der Waals surface area contributed by atoms with Gasteiger partial charge in [0, 0.05) is 18.3 Å². The van der Waals surface area contributed by atoms with Crippen LogP contribution in [0.4, 0.5) is 5.69 Å². The molecular formula is C13H20N2O3. The molecule has 0 bridgehead atoms. The van der Waals surface area contributed by atoms with Crippen LogP contribution in [-0.2, 0) is 4.79 Å². The highest BCUT2D eigenvalue weighted by Crippen LogP contribution is 2.19. The van der Waals surface area contributed by atoms with Crippen LogP contribution in [0.5, 0.6) is 5.75 Å². The second-order valence-electron chi connectivity index (χ2n) is 4.19. The summed E-state index contributed by atoms with van der Waals surface area (Å²) in [4.78, 5) is 10.6. The van der Waals surface area contributed by atoms with E-state index in [1.165, 1.54) is 0 Å². The van der Waals surface area contributed by atoms with Gasteiger partial charge in [0.15, 0.2) is 0 Å². The Hall–Kier alpha value is -1.75. The molecule has 100 valence electrons. The van der Waals surface area contributed by atoms with Crippen molar-refractivity contribution in [1.82, 2.24) is 0 Å². The van der Waals surface area contributed by atoms with Crippen molar-refractivity contribution in [3.05, 3.63) is 24.3 Å². The van der Waals surface area contributed by atoms with Crippen molar-refractivity contribution in [2.24, 2.45) is 5.73 Å². The molecule has 5 nitrogen and oxygen atoms in total. The molecule has 18 heavy (non-hydrogen) atoms. The van der Waals surface area contributed by atoms with E-state index in [4.69, 9.17) is 15.6 Å². The lowest BCUT2D eigenvalue weighted by molar-refractivity contribution is -0.138. The van der Waals surface area contributed by atoms with Crippen LogP contribution >= 0.6 is 0 Å². The van der Waals surface area contributed by atoms with Gasteiger partial charge in [-0.25, -0.2) is 0 Å². The quantitative estimate of drug-likeness (QED) is 0.687. The van der Waals surface area contributed by atoms with E-state index < -0.39 is 12.0 Å². The summed E-state index contributed by atoms with van der Waals surface area (Å²) in [6.45, 7) is 4.24. The third-order valence-electron chi connectivity index (χ3n) is 2.59. The number of anilines is 1. The topological polar surface area (TPSA) is 84.6 Å². The Morgan fingerprint density at radius 1 is 1.56 bits per heavy atom. The molecular weight excluding hydrogens is 232 g/mol. The zero-order valence-corrected chi connectivity index (χ0v) is 10.7. The molecule has 0 radical (unpaired) electrons. The fraction of sp³-hybridized carbons (Fsp3) is 0.462. The Labute approximate surface area is 107 Å². The predicted molar refractivity (Wildman–Crippen MR) is 70.9 cm³/mol. The fourth-order valence-corrected chi connectivity index (χ4v) is 1.31. The molecule has 4 N–H and O–H groups in total. The third-order valence-corrected chi connectivity index (χ3v) is 2.59. The Kier molecular flexibility index (Phi) is 5.45. The Morgan fingerprint density at radius 2 is 2.28 bits per heavy atom. The molecule has 1 aromatic rings. The maximum Gasteiger partial charge on any atom is 0.322 e. The van der Waals surface area contributed by atoms with E-state index in [9.17, 15) is 4.79 Å². The molecule has 0 fully saturated rings. The van der Waals surface area contributed by atoms with E-state index in [0.29, 0.717) is 0 Å². The molecule has 0 spiro atoms. The van der Waals surface area contributed by atoms with Gasteiger partial charge in [-0.15, -0.1) is 0 Å². The molecule has 2 unspecified atom stereocenters. The van der Waals surface area contributed by atoms with Gasteiger partial charge in [-0.2, -0.15) is 0 Å². The summed E-state index contributed by atoms with van der Waals surface area (Å²) in [5, 5.41) is 11.6. The van der Waals surface area contributed by atoms with Crippen LogP contribution in [0, 0.1) is 0 Å². The number of carboxylic acids is 1. The highest BCUT2D eigenvalue weighted by atomic mass is 16.5. The highest BCUT2D eigenvalue weighted by Gasteiger charge is 2.10. The van der Waals surface area contributed by atoms with Gasteiger partial charge in [-0.3, -0.25) is 4.79 Å². The summed E-state index contributed by atoms with van der Waals surface area (Å²) in [5.41, 5.74) is 6.21. The van der Waals surface area contributed by atoms with Gasteiger partial charge in [-0.1, -0.05) is 13.0 Å². The standard InChI is InChI=1S/C13H20N2O3/c1-3-9(2)18-11-6-4-5-10(7-11)15-8-12(14)13(16)17/h4-7,9,12,15H,3,8,14H2,1-2H3,(H,16,17). The van der Waals surface area contributed by atoms with Crippen LogP contribution in [0.3, 0.4) is 0 Å². The summed E-state index contributed by atoms with van der Waals surface area (Å²) >= 11 is 0. The van der Waals surface area contributed by atoms with Crippen LogP contribution < -0.4 is 15.8 Å². The first-order chi connectivity index (χ1) is 8.52. The van der Waals surface area contributed by atoms with Gasteiger partial charge in [0.2, 0.25) is 0 Å². The summed E-state index contributed by atoms with van der Waals surface area (Å²) in [7, 11) is 0. The number of carboxylic acid groups (broad SMARTS) is 1. The molecule has 0 saturated heterocycles. The van der Waals surface area contributed by atoms with Crippen molar-refractivity contribution in [2.75, 3.05) is 11.9 Å². The van der Waals surface area contributed by atoms with Gasteiger partial charge in [0.25, 0.3) is 0 Å². The van der Waals surface area contributed by atoms with E-state index >= 15 is 0 Å². The van der Waals surface area contributed by atoms with Crippen molar-refractivity contribution in [3.63, 3.8) is 0 Å². The molecule has 0 heterocycles. The van der Waals surface area contributed by atoms with Crippen molar-refractivity contribution < 1.29 is 14.6 Å². The molecule has 0 aromatic heterocycles. The first-order valence-electron chi connectivity index (χ1n) is 6.02. The van der Waals surface area contributed by atoms with Crippen molar-refractivity contribution in [1.29, 1.82) is 0 Å². The molecule has 1 aromatic carbocycles. The molecule has 0 aliphatic heterocycles. The van der Waals surface area contributed by atoms with Crippen molar-refractivity contribution >= 4 is 11.7 Å². The summed E-state index contributed by atoms with van der Waals surface area (Å²) in [6, 6.07) is 6.49. The summed E-state index contributed by atoms with van der Waals surface area (Å²) < 4.78 is 5.67. The summed E-state index contributed by atoms with van der Waals surface area (Å²) in [6.07, 6.45) is 1.09. The second kappa shape index (κ2) is 6.86. The third kappa shape index (κ3) is 4.63. The fourth-order valence-electron chi connectivity index (χ4n) is 1.31. The van der Waals surface area contributed by atoms with E-state index in [2.05, 4.69) is 12.2 Å². The van der Waals surface area contributed by atoms with Crippen LogP contribution in [0.15, 0.2) is 24.3 Å². The van der Waals surface area contributed by atoms with E-state index in [0.717, 1.165) is 17.9 Å². The largest absolute Gasteiger partial charge is 0.491 e. The van der Waals surface area contributed by atoms with Gasteiger partial charge in [0.05, 0.1) is 6.10 Å². The average molecular weight is 252 g/mol. The van der Waals surface area contributed by atoms with Gasteiger partial charge in [0.1, 0.15) is 11.8 Å². The van der Waals surface area contributed by atoms with Crippen molar-refractivity contribution in [3.8, 4) is 5.75 Å².